The van der Waals surface area contributed by atoms with Gasteiger partial charge in [-0.3, -0.25) is 4.99 Å². The Morgan fingerprint density at radius 3 is 2.58 bits per heavy atom. The molecule has 1 saturated heterocycles. The summed E-state index contributed by atoms with van der Waals surface area (Å²) < 4.78 is 5.72. The average Bonchev–Trinajstić information content (AvgIpc) is 3.44. The quantitative estimate of drug-likeness (QED) is 0.502. The van der Waals surface area contributed by atoms with Gasteiger partial charge in [0, 0.05) is 56.3 Å². The van der Waals surface area contributed by atoms with Crippen molar-refractivity contribution in [2.45, 2.75) is 78.4 Å². The van der Waals surface area contributed by atoms with Gasteiger partial charge in [-0.15, -0.1) is 11.3 Å². The molecule has 8 heteroatoms. The number of aliphatic imine (C=N–C) groups is 1. The number of hydrogen-bond donors (Lipinski definition) is 1. The molecule has 1 N–H and O–H groups in total. The molecule has 0 unspecified atom stereocenters. The fourth-order valence-corrected chi connectivity index (χ4v) is 4.64. The van der Waals surface area contributed by atoms with Gasteiger partial charge in [0.2, 0.25) is 0 Å². The zero-order valence-corrected chi connectivity index (χ0v) is 20.6. The summed E-state index contributed by atoms with van der Waals surface area (Å²) in [5.41, 5.74) is -0.458. The van der Waals surface area contributed by atoms with E-state index in [0.717, 1.165) is 63.0 Å². The maximum absolute atomic E-state index is 12.9. The number of guanidine groups is 1. The molecule has 31 heavy (non-hydrogen) atoms. The van der Waals surface area contributed by atoms with E-state index in [1.54, 1.807) is 11.3 Å². The summed E-state index contributed by atoms with van der Waals surface area (Å²) in [7, 11) is 0. The summed E-state index contributed by atoms with van der Waals surface area (Å²) in [6.45, 7) is 14.2. The number of aromatic nitrogens is 1. The van der Waals surface area contributed by atoms with E-state index in [1.807, 2.05) is 31.9 Å². The highest BCUT2D eigenvalue weighted by Crippen LogP contribution is 2.32. The molecule has 3 rings (SSSR count). The Morgan fingerprint density at radius 1 is 1.32 bits per heavy atom. The monoisotopic (exact) mass is 449 g/mol. The van der Waals surface area contributed by atoms with Crippen LogP contribution in [0, 0.1) is 12.8 Å². The number of likely N-dealkylation sites (tertiary alicyclic amines) is 1. The van der Waals surface area contributed by atoms with Crippen LogP contribution < -0.4 is 5.32 Å². The normalized spacial score (nSPS) is 18.2. The number of aryl methyl sites for hydroxylation is 1. The van der Waals surface area contributed by atoms with Crippen LogP contribution in [0.3, 0.4) is 0 Å². The van der Waals surface area contributed by atoms with Crippen LogP contribution in [-0.4, -0.2) is 71.2 Å². The first-order chi connectivity index (χ1) is 14.7. The molecule has 1 aromatic heterocycles. The Bertz CT molecular complexity index is 745. The second-order valence-corrected chi connectivity index (χ2v) is 11.0. The highest BCUT2D eigenvalue weighted by atomic mass is 32.1. The summed E-state index contributed by atoms with van der Waals surface area (Å²) in [4.78, 5) is 27.7. The first-order valence-corrected chi connectivity index (χ1v) is 12.5. The minimum atomic E-state index is -0.458. The lowest BCUT2D eigenvalue weighted by atomic mass is 10.0. The molecule has 0 atom stereocenters. The minimum absolute atomic E-state index is 0.155. The number of carbonyl (C=O) groups is 1. The number of piperidine rings is 1. The fraction of sp³-hybridized carbons (Fsp3) is 0.783. The molecule has 1 aromatic rings. The van der Waals surface area contributed by atoms with Crippen LogP contribution >= 0.6 is 11.3 Å². The summed E-state index contributed by atoms with van der Waals surface area (Å²) in [5, 5.41) is 4.58. The second-order valence-electron chi connectivity index (χ2n) is 9.64. The Morgan fingerprint density at radius 2 is 2.03 bits per heavy atom. The number of hydrogen-bond acceptors (Lipinski definition) is 5. The van der Waals surface area contributed by atoms with Gasteiger partial charge in [-0.05, 0) is 66.2 Å². The summed E-state index contributed by atoms with van der Waals surface area (Å²) in [5.74, 6) is 1.62. The lowest BCUT2D eigenvalue weighted by Crippen LogP contribution is -2.52. The van der Waals surface area contributed by atoms with E-state index >= 15 is 0 Å². The van der Waals surface area contributed by atoms with Crippen molar-refractivity contribution in [1.29, 1.82) is 0 Å². The van der Waals surface area contributed by atoms with Crippen molar-refractivity contribution in [3.05, 3.63) is 16.1 Å². The maximum atomic E-state index is 12.9. The number of amides is 1. The molecule has 1 amide bonds. The molecule has 0 bridgehead atoms. The smallest absolute Gasteiger partial charge is 0.410 e. The van der Waals surface area contributed by atoms with Crippen LogP contribution in [0.15, 0.2) is 11.2 Å². The summed E-state index contributed by atoms with van der Waals surface area (Å²) in [6.07, 6.45) is 7.00. The van der Waals surface area contributed by atoms with E-state index in [1.165, 1.54) is 17.7 Å². The van der Waals surface area contributed by atoms with E-state index in [-0.39, 0.29) is 12.1 Å². The summed E-state index contributed by atoms with van der Waals surface area (Å²) >= 11 is 1.74. The Labute approximate surface area is 191 Å². The predicted molar refractivity (Wildman–Crippen MR) is 127 cm³/mol. The van der Waals surface area contributed by atoms with Gasteiger partial charge >= 0.3 is 6.09 Å². The van der Waals surface area contributed by atoms with Gasteiger partial charge in [-0.1, -0.05) is 0 Å². The molecule has 0 radical (unpaired) electrons. The SMILES string of the molecule is CCNC(=NCCc1ncc(C)s1)N1CCC(N(CC2CC2)C(=O)OC(C)(C)C)CC1. The number of thiazole rings is 1. The minimum Gasteiger partial charge on any atom is -0.444 e. The molecule has 1 aliphatic heterocycles. The number of rotatable bonds is 7. The number of nitrogens with zero attached hydrogens (tertiary/aromatic N) is 4. The van der Waals surface area contributed by atoms with Crippen LogP contribution in [-0.2, 0) is 11.2 Å². The molecule has 174 valence electrons. The van der Waals surface area contributed by atoms with Crippen LogP contribution in [0.4, 0.5) is 4.79 Å². The fourth-order valence-electron chi connectivity index (χ4n) is 3.86. The topological polar surface area (TPSA) is 70.1 Å². The molecule has 1 saturated carbocycles. The van der Waals surface area contributed by atoms with E-state index < -0.39 is 5.60 Å². The van der Waals surface area contributed by atoms with E-state index in [9.17, 15) is 4.79 Å². The molecular weight excluding hydrogens is 410 g/mol. The lowest BCUT2D eigenvalue weighted by Gasteiger charge is -2.40. The van der Waals surface area contributed by atoms with Crippen molar-refractivity contribution in [3.63, 3.8) is 0 Å². The first kappa shape index (κ1) is 23.8. The van der Waals surface area contributed by atoms with Gasteiger partial charge in [-0.25, -0.2) is 9.78 Å². The lowest BCUT2D eigenvalue weighted by molar-refractivity contribution is 0.00928. The number of ether oxygens (including phenoxy) is 1. The van der Waals surface area contributed by atoms with Crippen LogP contribution in [0.5, 0.6) is 0 Å². The molecule has 2 heterocycles. The van der Waals surface area contributed by atoms with Crippen molar-refractivity contribution < 1.29 is 9.53 Å². The largest absolute Gasteiger partial charge is 0.444 e. The zero-order chi connectivity index (χ0) is 22.4. The Hall–Kier alpha value is -1.83. The predicted octanol–water partition coefficient (Wildman–Crippen LogP) is 4.07. The van der Waals surface area contributed by atoms with Gasteiger partial charge in [0.15, 0.2) is 5.96 Å². The van der Waals surface area contributed by atoms with Gasteiger partial charge in [0.1, 0.15) is 5.60 Å². The first-order valence-electron chi connectivity index (χ1n) is 11.7. The molecule has 0 aromatic carbocycles. The van der Waals surface area contributed by atoms with Crippen LogP contribution in [0.2, 0.25) is 0 Å². The van der Waals surface area contributed by atoms with E-state index in [4.69, 9.17) is 9.73 Å². The van der Waals surface area contributed by atoms with Crippen molar-refractivity contribution in [2.24, 2.45) is 10.9 Å². The molecule has 0 spiro atoms. The molecule has 1 aliphatic carbocycles. The van der Waals surface area contributed by atoms with Crippen molar-refractivity contribution in [3.8, 4) is 0 Å². The van der Waals surface area contributed by atoms with Gasteiger partial charge in [0.25, 0.3) is 0 Å². The second kappa shape index (κ2) is 10.7. The highest BCUT2D eigenvalue weighted by Gasteiger charge is 2.35. The van der Waals surface area contributed by atoms with Crippen LogP contribution in [0.1, 0.15) is 63.3 Å². The third-order valence-corrected chi connectivity index (χ3v) is 6.55. The zero-order valence-electron chi connectivity index (χ0n) is 19.8. The Balaban J connectivity index is 1.56. The van der Waals surface area contributed by atoms with Gasteiger partial charge in [-0.2, -0.15) is 0 Å². The van der Waals surface area contributed by atoms with Gasteiger partial charge < -0.3 is 19.9 Å². The van der Waals surface area contributed by atoms with Crippen molar-refractivity contribution in [2.75, 3.05) is 32.7 Å². The number of carbonyl (C=O) groups excluding carboxylic acids is 1. The third-order valence-electron chi connectivity index (χ3n) is 5.58. The molecule has 2 fully saturated rings. The van der Waals surface area contributed by atoms with Crippen molar-refractivity contribution >= 4 is 23.4 Å². The average molecular weight is 450 g/mol. The van der Waals surface area contributed by atoms with Crippen molar-refractivity contribution in [1.82, 2.24) is 20.1 Å². The number of nitrogens with one attached hydrogen (secondary N) is 1. The molecule has 7 nitrogen and oxygen atoms in total. The standard InChI is InChI=1S/C23H39N5O2S/c1-6-24-21(25-12-9-20-26-15-17(2)31-20)27-13-10-19(11-14-27)28(16-18-7-8-18)22(29)30-23(3,4)5/h15,18-19H,6-14,16H2,1-5H3,(H,24,25). The molecule has 2 aliphatic rings. The van der Waals surface area contributed by atoms with Crippen LogP contribution in [0.25, 0.3) is 0 Å². The van der Waals surface area contributed by atoms with Gasteiger partial charge in [0.05, 0.1) is 5.01 Å². The Kier molecular flexibility index (Phi) is 8.19. The maximum Gasteiger partial charge on any atom is 0.410 e. The highest BCUT2D eigenvalue weighted by molar-refractivity contribution is 7.11. The summed E-state index contributed by atoms with van der Waals surface area (Å²) in [6, 6.07) is 0.243. The molecular formula is C23H39N5O2S. The third kappa shape index (κ3) is 7.66. The van der Waals surface area contributed by atoms with E-state index in [2.05, 4.69) is 29.0 Å². The van der Waals surface area contributed by atoms with E-state index in [0.29, 0.717) is 5.92 Å².